The number of aromatic nitrogens is 1. The van der Waals surface area contributed by atoms with Crippen LogP contribution in [0, 0.1) is 0 Å². The molecule has 0 aliphatic heterocycles. The third-order valence-electron chi connectivity index (χ3n) is 1.97. The molecule has 0 radical (unpaired) electrons. The first-order valence-electron chi connectivity index (χ1n) is 5.02. The number of hydrogen-bond donors (Lipinski definition) is 0. The van der Waals surface area contributed by atoms with Gasteiger partial charge in [-0.3, -0.25) is 0 Å². The zero-order valence-corrected chi connectivity index (χ0v) is 9.48. The van der Waals surface area contributed by atoms with Crippen molar-refractivity contribution in [3.8, 4) is 0 Å². The normalized spacial score (nSPS) is 11.7. The van der Waals surface area contributed by atoms with Crippen LogP contribution in [0.2, 0.25) is 0 Å². The third-order valence-corrected chi connectivity index (χ3v) is 1.97. The van der Waals surface area contributed by atoms with E-state index in [0.717, 1.165) is 5.52 Å². The van der Waals surface area contributed by atoms with Crippen molar-refractivity contribution in [2.45, 2.75) is 26.4 Å². The summed E-state index contributed by atoms with van der Waals surface area (Å²) in [5.41, 5.74) is 1.29. The maximum Gasteiger partial charge on any atom is 0.338 e. The maximum atomic E-state index is 11.7. The van der Waals surface area contributed by atoms with Crippen LogP contribution in [0.1, 0.15) is 31.1 Å². The van der Waals surface area contributed by atoms with Gasteiger partial charge in [-0.15, -0.1) is 0 Å². The number of nitrogens with zero attached hydrogens (tertiary/aromatic N) is 1. The quantitative estimate of drug-likeness (QED) is 0.692. The Morgan fingerprint density at radius 1 is 1.38 bits per heavy atom. The molecule has 2 aromatic rings. The van der Waals surface area contributed by atoms with Crippen LogP contribution < -0.4 is 0 Å². The van der Waals surface area contributed by atoms with Crippen molar-refractivity contribution in [1.29, 1.82) is 0 Å². The van der Waals surface area contributed by atoms with Gasteiger partial charge in [-0.2, -0.15) is 0 Å². The number of ether oxygens (including phenoxy) is 1. The first-order chi connectivity index (χ1) is 7.46. The van der Waals surface area contributed by atoms with E-state index in [4.69, 9.17) is 9.15 Å². The summed E-state index contributed by atoms with van der Waals surface area (Å²) >= 11 is 0. The Bertz CT molecular complexity index is 522. The number of oxazole rings is 1. The highest BCUT2D eigenvalue weighted by Crippen LogP contribution is 2.17. The van der Waals surface area contributed by atoms with Crippen molar-refractivity contribution in [3.05, 3.63) is 30.2 Å². The maximum absolute atomic E-state index is 11.7. The topological polar surface area (TPSA) is 52.3 Å². The number of carbonyl (C=O) groups excluding carboxylic acids is 1. The summed E-state index contributed by atoms with van der Waals surface area (Å²) in [6.45, 7) is 5.49. The minimum atomic E-state index is -0.493. The van der Waals surface area contributed by atoms with Gasteiger partial charge in [0.25, 0.3) is 0 Å². The molecule has 16 heavy (non-hydrogen) atoms. The average Bonchev–Trinajstić information content (AvgIpc) is 2.61. The van der Waals surface area contributed by atoms with Crippen molar-refractivity contribution in [1.82, 2.24) is 4.98 Å². The Balaban J connectivity index is 2.29. The molecule has 0 fully saturated rings. The molecule has 1 heterocycles. The van der Waals surface area contributed by atoms with Crippen LogP contribution in [0.15, 0.2) is 29.0 Å². The van der Waals surface area contributed by atoms with Gasteiger partial charge in [0.05, 0.1) is 5.56 Å². The first kappa shape index (κ1) is 10.7. The lowest BCUT2D eigenvalue weighted by Crippen LogP contribution is -2.23. The minimum Gasteiger partial charge on any atom is -0.456 e. The molecule has 0 unspecified atom stereocenters. The predicted molar refractivity (Wildman–Crippen MR) is 59.2 cm³/mol. The molecule has 0 aliphatic rings. The standard InChI is InChI=1S/C12H13NO3/c1-12(2,3)16-11(14)8-4-5-9-10(6-8)15-7-13-9/h4-7H,1-3H3. The molecule has 2 rings (SSSR count). The SMILES string of the molecule is CC(C)(C)OC(=O)c1ccc2ncoc2c1. The fourth-order valence-electron chi connectivity index (χ4n) is 1.32. The number of fused-ring (bicyclic) bond motifs is 1. The molecule has 0 saturated carbocycles. The summed E-state index contributed by atoms with van der Waals surface area (Å²) < 4.78 is 10.4. The molecule has 0 N–H and O–H groups in total. The summed E-state index contributed by atoms with van der Waals surface area (Å²) in [5, 5.41) is 0. The van der Waals surface area contributed by atoms with Gasteiger partial charge < -0.3 is 9.15 Å². The number of rotatable bonds is 1. The Labute approximate surface area is 93.2 Å². The Morgan fingerprint density at radius 3 is 2.81 bits per heavy atom. The summed E-state index contributed by atoms with van der Waals surface area (Å²) in [7, 11) is 0. The highest BCUT2D eigenvalue weighted by atomic mass is 16.6. The highest BCUT2D eigenvalue weighted by molar-refractivity contribution is 5.93. The molecule has 4 heteroatoms. The second kappa shape index (κ2) is 3.63. The van der Waals surface area contributed by atoms with Crippen molar-refractivity contribution in [2.75, 3.05) is 0 Å². The number of carbonyl (C=O) groups is 1. The average molecular weight is 219 g/mol. The highest BCUT2D eigenvalue weighted by Gasteiger charge is 2.18. The second-order valence-corrected chi connectivity index (χ2v) is 4.54. The lowest BCUT2D eigenvalue weighted by atomic mass is 10.1. The van der Waals surface area contributed by atoms with Gasteiger partial charge in [0.1, 0.15) is 11.1 Å². The van der Waals surface area contributed by atoms with Crippen molar-refractivity contribution >= 4 is 17.1 Å². The summed E-state index contributed by atoms with van der Waals surface area (Å²) in [6, 6.07) is 5.05. The lowest BCUT2D eigenvalue weighted by molar-refractivity contribution is 0.00696. The fraction of sp³-hybridized carbons (Fsp3) is 0.333. The molecular weight excluding hydrogens is 206 g/mol. The number of hydrogen-bond acceptors (Lipinski definition) is 4. The third kappa shape index (κ3) is 2.21. The van der Waals surface area contributed by atoms with Gasteiger partial charge in [0, 0.05) is 0 Å². The Kier molecular flexibility index (Phi) is 2.42. The van der Waals surface area contributed by atoms with E-state index in [1.54, 1.807) is 18.2 Å². The van der Waals surface area contributed by atoms with E-state index in [1.807, 2.05) is 20.8 Å². The van der Waals surface area contributed by atoms with E-state index in [9.17, 15) is 4.79 Å². The van der Waals surface area contributed by atoms with Crippen LogP contribution in [0.5, 0.6) is 0 Å². The van der Waals surface area contributed by atoms with Crippen molar-refractivity contribution < 1.29 is 13.9 Å². The van der Waals surface area contributed by atoms with Crippen LogP contribution >= 0.6 is 0 Å². The zero-order valence-electron chi connectivity index (χ0n) is 9.48. The first-order valence-corrected chi connectivity index (χ1v) is 5.02. The van der Waals surface area contributed by atoms with E-state index >= 15 is 0 Å². The van der Waals surface area contributed by atoms with Gasteiger partial charge in [-0.1, -0.05) is 0 Å². The molecule has 0 saturated heterocycles. The number of esters is 1. The van der Waals surface area contributed by atoms with Crippen LogP contribution in [0.3, 0.4) is 0 Å². The van der Waals surface area contributed by atoms with Crippen molar-refractivity contribution in [2.24, 2.45) is 0 Å². The van der Waals surface area contributed by atoms with Crippen molar-refractivity contribution in [3.63, 3.8) is 0 Å². The molecule has 0 aliphatic carbocycles. The summed E-state index contributed by atoms with van der Waals surface area (Å²) in [5.74, 6) is -0.356. The van der Waals surface area contributed by atoms with Crippen LogP contribution in [-0.4, -0.2) is 16.6 Å². The van der Waals surface area contributed by atoms with E-state index in [-0.39, 0.29) is 5.97 Å². The lowest BCUT2D eigenvalue weighted by Gasteiger charge is -2.19. The van der Waals surface area contributed by atoms with Gasteiger partial charge in [0.15, 0.2) is 12.0 Å². The molecule has 0 spiro atoms. The molecular formula is C12H13NO3. The smallest absolute Gasteiger partial charge is 0.338 e. The Hall–Kier alpha value is -1.84. The molecule has 0 atom stereocenters. The van der Waals surface area contributed by atoms with Crippen LogP contribution in [-0.2, 0) is 4.74 Å². The molecule has 0 bridgehead atoms. The molecule has 0 amide bonds. The van der Waals surface area contributed by atoms with Gasteiger partial charge in [0.2, 0.25) is 0 Å². The predicted octanol–water partition coefficient (Wildman–Crippen LogP) is 2.78. The van der Waals surface area contributed by atoms with Gasteiger partial charge in [-0.05, 0) is 39.0 Å². The second-order valence-electron chi connectivity index (χ2n) is 4.54. The largest absolute Gasteiger partial charge is 0.456 e. The van der Waals surface area contributed by atoms with Crippen LogP contribution in [0.4, 0.5) is 0 Å². The molecule has 4 nitrogen and oxygen atoms in total. The van der Waals surface area contributed by atoms with Crippen LogP contribution in [0.25, 0.3) is 11.1 Å². The summed E-state index contributed by atoms with van der Waals surface area (Å²) in [4.78, 5) is 15.7. The van der Waals surface area contributed by atoms with E-state index < -0.39 is 5.60 Å². The molecule has 1 aromatic heterocycles. The van der Waals surface area contributed by atoms with E-state index in [1.165, 1.54) is 6.39 Å². The van der Waals surface area contributed by atoms with E-state index in [0.29, 0.717) is 11.1 Å². The molecule has 84 valence electrons. The van der Waals surface area contributed by atoms with Gasteiger partial charge >= 0.3 is 5.97 Å². The fourth-order valence-corrected chi connectivity index (χ4v) is 1.32. The molecule has 1 aromatic carbocycles. The van der Waals surface area contributed by atoms with E-state index in [2.05, 4.69) is 4.98 Å². The zero-order chi connectivity index (χ0) is 11.8. The summed E-state index contributed by atoms with van der Waals surface area (Å²) in [6.07, 6.45) is 1.35. The monoisotopic (exact) mass is 219 g/mol. The van der Waals surface area contributed by atoms with Gasteiger partial charge in [-0.25, -0.2) is 9.78 Å². The minimum absolute atomic E-state index is 0.356. The Morgan fingerprint density at radius 2 is 2.12 bits per heavy atom. The number of benzene rings is 1.